The Hall–Kier alpha value is -2.92. The molecular weight excluding hydrogens is 568 g/mol. The number of halogens is 2. The minimum absolute atomic E-state index is 0.317. The van der Waals surface area contributed by atoms with E-state index in [1.54, 1.807) is 0 Å². The van der Waals surface area contributed by atoms with Crippen molar-refractivity contribution in [3.05, 3.63) is 81.0 Å². The van der Waals surface area contributed by atoms with Gasteiger partial charge in [0, 0.05) is 68.1 Å². The predicted molar refractivity (Wildman–Crippen MR) is 137 cm³/mol. The number of nitrogens with two attached hydrogens (primary N) is 2. The second kappa shape index (κ2) is 10.6. The van der Waals surface area contributed by atoms with Gasteiger partial charge in [-0.1, -0.05) is 44.0 Å². The van der Waals surface area contributed by atoms with Crippen LogP contribution in [-0.4, -0.2) is 34.4 Å². The third kappa shape index (κ3) is 5.95. The van der Waals surface area contributed by atoms with Crippen molar-refractivity contribution < 1.29 is 19.1 Å². The molecule has 2 unspecified atom stereocenters. The number of aromatic amines is 2. The van der Waals surface area contributed by atoms with Gasteiger partial charge in [-0.2, -0.15) is 0 Å². The molecule has 2 aromatic carbocycles. The third-order valence-corrected chi connectivity index (χ3v) is 6.18. The van der Waals surface area contributed by atoms with Crippen LogP contribution in [0.15, 0.2) is 69.9 Å². The van der Waals surface area contributed by atoms with Gasteiger partial charge in [-0.05, 0) is 35.4 Å². The number of aromatic nitrogens is 2. The number of H-pyrrole nitrogens is 2. The van der Waals surface area contributed by atoms with Crippen molar-refractivity contribution in [1.29, 1.82) is 0 Å². The van der Waals surface area contributed by atoms with Gasteiger partial charge in [-0.3, -0.25) is 11.5 Å². The number of ether oxygens (including phenoxy) is 2. The Balaban J connectivity index is 1.26. The van der Waals surface area contributed by atoms with E-state index in [1.807, 2.05) is 48.8 Å². The fourth-order valence-electron chi connectivity index (χ4n) is 3.68. The average molecular weight is 590 g/mol. The van der Waals surface area contributed by atoms with E-state index < -0.39 is 24.4 Å². The standard InChI is InChI=1S/C24H22Br2N4O4/c25-15-1-3-17-13(11-29-19(17)9-15)7-21(27)33-23(31)5-6-24(32)34-22(28)8-14-12-30-20-10-16(26)2-4-18(14)20/h1-6,9-12,21-22,29-30H,7-8,27-28H2/b6-5+. The van der Waals surface area contributed by atoms with Crippen LogP contribution in [0, 0.1) is 0 Å². The lowest BCUT2D eigenvalue weighted by molar-refractivity contribution is -0.145. The molecule has 2 aromatic heterocycles. The molecule has 0 amide bonds. The molecule has 4 rings (SSSR count). The van der Waals surface area contributed by atoms with Crippen molar-refractivity contribution in [2.45, 2.75) is 25.3 Å². The first-order valence-electron chi connectivity index (χ1n) is 10.4. The molecule has 0 aliphatic carbocycles. The summed E-state index contributed by atoms with van der Waals surface area (Å²) in [6, 6.07) is 11.7. The van der Waals surface area contributed by atoms with Crippen LogP contribution in [0.5, 0.6) is 0 Å². The fourth-order valence-corrected chi connectivity index (χ4v) is 4.41. The summed E-state index contributed by atoms with van der Waals surface area (Å²) in [5.41, 5.74) is 15.7. The van der Waals surface area contributed by atoms with Crippen molar-refractivity contribution in [1.82, 2.24) is 9.97 Å². The van der Waals surface area contributed by atoms with Gasteiger partial charge < -0.3 is 19.4 Å². The summed E-state index contributed by atoms with van der Waals surface area (Å²) in [6.07, 6.45) is 4.49. The van der Waals surface area contributed by atoms with Gasteiger partial charge in [-0.25, -0.2) is 9.59 Å². The maximum Gasteiger partial charge on any atom is 0.332 e. The summed E-state index contributed by atoms with van der Waals surface area (Å²) in [6.45, 7) is 0. The second-order valence-corrected chi connectivity index (χ2v) is 9.53. The molecule has 0 saturated carbocycles. The van der Waals surface area contributed by atoms with Crippen molar-refractivity contribution in [3.8, 4) is 0 Å². The average Bonchev–Trinajstić information content (AvgIpc) is 3.35. The normalized spacial score (nSPS) is 13.4. The molecule has 4 aromatic rings. The number of hydrogen-bond acceptors (Lipinski definition) is 6. The van der Waals surface area contributed by atoms with Crippen molar-refractivity contribution in [2.24, 2.45) is 11.5 Å². The van der Waals surface area contributed by atoms with Crippen LogP contribution in [0.1, 0.15) is 11.1 Å². The molecule has 2 atom stereocenters. The lowest BCUT2D eigenvalue weighted by Gasteiger charge is -2.12. The van der Waals surface area contributed by atoms with Gasteiger partial charge in [0.2, 0.25) is 0 Å². The molecule has 8 nitrogen and oxygen atoms in total. The fraction of sp³-hybridized carbons (Fsp3) is 0.167. The number of esters is 2. The number of carbonyl (C=O) groups excluding carboxylic acids is 2. The number of nitrogens with one attached hydrogen (secondary N) is 2. The van der Waals surface area contributed by atoms with E-state index in [0.29, 0.717) is 12.8 Å². The molecule has 6 N–H and O–H groups in total. The lowest BCUT2D eigenvalue weighted by Crippen LogP contribution is -2.29. The molecule has 2 heterocycles. The Morgan fingerprint density at radius 1 is 0.794 bits per heavy atom. The molecule has 34 heavy (non-hydrogen) atoms. The highest BCUT2D eigenvalue weighted by Crippen LogP contribution is 2.24. The molecule has 0 aliphatic rings. The maximum atomic E-state index is 12.1. The van der Waals surface area contributed by atoms with Gasteiger partial charge in [-0.15, -0.1) is 0 Å². The van der Waals surface area contributed by atoms with Crippen LogP contribution >= 0.6 is 31.9 Å². The Morgan fingerprint density at radius 2 is 1.21 bits per heavy atom. The van der Waals surface area contributed by atoms with Gasteiger partial charge >= 0.3 is 11.9 Å². The zero-order chi connectivity index (χ0) is 24.2. The van der Waals surface area contributed by atoms with E-state index in [1.165, 1.54) is 0 Å². The summed E-state index contributed by atoms with van der Waals surface area (Å²) >= 11 is 6.85. The van der Waals surface area contributed by atoms with E-state index in [9.17, 15) is 9.59 Å². The molecule has 0 fully saturated rings. The van der Waals surface area contributed by atoms with Gasteiger partial charge in [0.1, 0.15) is 0 Å². The molecule has 0 saturated heterocycles. The van der Waals surface area contributed by atoms with Crippen LogP contribution in [0.4, 0.5) is 0 Å². The minimum atomic E-state index is -0.875. The highest BCUT2D eigenvalue weighted by atomic mass is 79.9. The van der Waals surface area contributed by atoms with Crippen molar-refractivity contribution >= 4 is 65.6 Å². The molecule has 176 valence electrons. The highest BCUT2D eigenvalue weighted by Gasteiger charge is 2.15. The molecule has 0 radical (unpaired) electrons. The number of rotatable bonds is 8. The van der Waals surface area contributed by atoms with Crippen LogP contribution in [-0.2, 0) is 31.9 Å². The van der Waals surface area contributed by atoms with Gasteiger partial charge in [0.25, 0.3) is 0 Å². The number of benzene rings is 2. The van der Waals surface area contributed by atoms with Gasteiger partial charge in [0.15, 0.2) is 12.5 Å². The van der Waals surface area contributed by atoms with E-state index in [-0.39, 0.29) is 0 Å². The van der Waals surface area contributed by atoms with E-state index in [0.717, 1.165) is 54.0 Å². The molecule has 0 aliphatic heterocycles. The minimum Gasteiger partial charge on any atom is -0.443 e. The summed E-state index contributed by atoms with van der Waals surface area (Å²) < 4.78 is 12.3. The molecule has 10 heteroatoms. The largest absolute Gasteiger partial charge is 0.443 e. The van der Waals surface area contributed by atoms with Crippen LogP contribution in [0.25, 0.3) is 21.8 Å². The third-order valence-electron chi connectivity index (χ3n) is 5.19. The Kier molecular flexibility index (Phi) is 7.52. The number of hydrogen-bond donors (Lipinski definition) is 4. The Labute approximate surface area is 211 Å². The highest BCUT2D eigenvalue weighted by molar-refractivity contribution is 9.10. The first-order valence-corrected chi connectivity index (χ1v) is 12.0. The zero-order valence-corrected chi connectivity index (χ0v) is 21.1. The number of fused-ring (bicyclic) bond motifs is 2. The van der Waals surface area contributed by atoms with Gasteiger partial charge in [0.05, 0.1) is 0 Å². The monoisotopic (exact) mass is 588 g/mol. The van der Waals surface area contributed by atoms with E-state index in [4.69, 9.17) is 20.9 Å². The SMILES string of the molecule is NC(Cc1c[nH]c2cc(Br)ccc12)OC(=O)/C=C/C(=O)OC(N)Cc1c[nH]c2cc(Br)ccc12. The predicted octanol–water partition coefficient (Wildman–Crippen LogP) is 4.17. The maximum absolute atomic E-state index is 12.1. The topological polar surface area (TPSA) is 136 Å². The van der Waals surface area contributed by atoms with Crippen LogP contribution < -0.4 is 11.5 Å². The molecule has 0 spiro atoms. The first-order chi connectivity index (χ1) is 16.3. The first kappa shape index (κ1) is 24.2. The summed E-state index contributed by atoms with van der Waals surface area (Å²) in [5, 5.41) is 1.98. The van der Waals surface area contributed by atoms with Crippen molar-refractivity contribution in [3.63, 3.8) is 0 Å². The van der Waals surface area contributed by atoms with E-state index >= 15 is 0 Å². The molecule has 0 bridgehead atoms. The lowest BCUT2D eigenvalue weighted by atomic mass is 10.1. The smallest absolute Gasteiger partial charge is 0.332 e. The summed E-state index contributed by atoms with van der Waals surface area (Å²) in [4.78, 5) is 30.4. The van der Waals surface area contributed by atoms with E-state index in [2.05, 4.69) is 41.8 Å². The quantitative estimate of drug-likeness (QED) is 0.138. The van der Waals surface area contributed by atoms with Crippen molar-refractivity contribution in [2.75, 3.05) is 0 Å². The summed E-state index contributed by atoms with van der Waals surface area (Å²) in [5.74, 6) is -1.49. The summed E-state index contributed by atoms with van der Waals surface area (Å²) in [7, 11) is 0. The Bertz CT molecular complexity index is 1270. The zero-order valence-electron chi connectivity index (χ0n) is 17.9. The Morgan fingerprint density at radius 3 is 1.62 bits per heavy atom. The second-order valence-electron chi connectivity index (χ2n) is 7.70. The molecular formula is C24H22Br2N4O4. The number of carbonyl (C=O) groups is 2. The van der Waals surface area contributed by atoms with Crippen LogP contribution in [0.2, 0.25) is 0 Å². The van der Waals surface area contributed by atoms with Crippen LogP contribution in [0.3, 0.4) is 0 Å².